The number of rotatable bonds is 24. The third-order valence-electron chi connectivity index (χ3n) is 19.9. The van der Waals surface area contributed by atoms with Crippen LogP contribution in [0.15, 0.2) is 229 Å². The molecule has 0 saturated heterocycles. The van der Waals surface area contributed by atoms with Gasteiger partial charge in [0, 0.05) is 73.4 Å². The Morgan fingerprint density at radius 1 is 0.451 bits per heavy atom. The molecule has 4 saturated carbocycles. The zero-order valence-electron chi connectivity index (χ0n) is 65.8. The van der Waals surface area contributed by atoms with Crippen molar-refractivity contribution in [3.05, 3.63) is 346 Å². The molecule has 11 aromatic rings. The van der Waals surface area contributed by atoms with E-state index in [0.29, 0.717) is 28.9 Å². The first-order valence-electron chi connectivity index (χ1n) is 37.6. The number of H-pyrrole nitrogens is 2. The number of methoxy groups -OCH3 is 4. The van der Waals surface area contributed by atoms with Gasteiger partial charge in [-0.3, -0.25) is 50.0 Å². The molecule has 5 aliphatic rings. The van der Waals surface area contributed by atoms with Gasteiger partial charge in [-0.2, -0.15) is 0 Å². The van der Waals surface area contributed by atoms with Crippen molar-refractivity contribution in [2.45, 2.75) is 86.7 Å². The molecule has 4 fully saturated rings. The van der Waals surface area contributed by atoms with Crippen LogP contribution in [0, 0.1) is 40.5 Å². The van der Waals surface area contributed by atoms with Gasteiger partial charge < -0.3 is 70.1 Å². The van der Waals surface area contributed by atoms with Crippen LogP contribution in [0.3, 0.4) is 0 Å². The number of hydrogen-bond donors (Lipinski definition) is 7. The number of carbonyl (C=O) groups is 4. The number of nitrogens with two attached hydrogens (primary N) is 1. The number of fused-ring (bicyclic) bond motifs is 1. The van der Waals surface area contributed by atoms with Crippen LogP contribution in [0.1, 0.15) is 126 Å². The Hall–Kier alpha value is -14.7. The molecule has 0 atom stereocenters. The maximum atomic E-state index is 11.8. The van der Waals surface area contributed by atoms with Gasteiger partial charge in [0.1, 0.15) is 31.3 Å². The van der Waals surface area contributed by atoms with E-state index >= 15 is 0 Å². The van der Waals surface area contributed by atoms with E-state index in [1.165, 1.54) is 65.4 Å². The third-order valence-corrected chi connectivity index (χ3v) is 20.5. The molecule has 16 rings (SSSR count). The Kier molecular flexibility index (Phi) is 28.7. The van der Waals surface area contributed by atoms with Crippen LogP contribution in [0.5, 0.6) is 17.2 Å². The lowest BCUT2D eigenvalue weighted by molar-refractivity contribution is -0.386. The number of nitro groups is 4. The minimum absolute atomic E-state index is 0.0852. The highest BCUT2D eigenvalue weighted by molar-refractivity contribution is 6.31. The summed E-state index contributed by atoms with van der Waals surface area (Å²) in [6.45, 7) is 1.89. The molecule has 37 heteroatoms. The first kappa shape index (κ1) is 88.1. The minimum Gasteiger partial charge on any atom is -0.489 e. The van der Waals surface area contributed by atoms with E-state index in [1.807, 2.05) is 103 Å². The molecule has 1 aliphatic heterocycles. The van der Waals surface area contributed by atoms with Gasteiger partial charge in [-0.25, -0.2) is 34.1 Å². The summed E-state index contributed by atoms with van der Waals surface area (Å²) in [6.07, 6.45) is 14.5. The minimum atomic E-state index is -0.818. The van der Waals surface area contributed by atoms with Crippen LogP contribution in [0.25, 0.3) is 0 Å². The fourth-order valence-electron chi connectivity index (χ4n) is 12.7. The maximum Gasteiger partial charge on any atom is 0.356 e. The van der Waals surface area contributed by atoms with Crippen molar-refractivity contribution in [3.8, 4) is 17.2 Å². The number of pyridine rings is 5. The van der Waals surface area contributed by atoms with E-state index in [-0.39, 0.29) is 81.0 Å². The standard InChI is InChI=1S/C23H21N3O5.C18H19N3O3.C16H15N3O5.C12H9ClN2O3.C11H13NO2.C5H3ClN2O3/c1-30-22(27)17-7-9-18(10-8-17)23(12-13-23)25-21-20(26(28)29)19(11-14-24-21)31-15-16-5-3-2-4-6-16;1-23-17(22)12-2-4-13(5-3-12)18(7-8-18)21-16-15-14(6-9-20-16)24-11-10-19-15;1-24-15(21)10-2-4-11(5-3-10)16(7-8-16)18-14-13(19(22)23)12(20)6-9-17-14;13-12-11(15(16)17)10(6-7-14-12)18-8-9-4-2-1-3-5-9;1-14-10(13)8-2-4-9(5-3-8)11(12)6-7-11;6-5-4(8(10)11)3(9)1-2-7-5/h2-11,14H,12-13,15H2,1H3,(H,24,25);2-6,9,19H,7-8,10-11H2,1H3,(H,20,21);2-6,9H,7-8H2,1H3,(H2,17,18,20);1-7H,8H2;2-5H,6-7,12H2,1H3;1-2H,(H,7,9). The Labute approximate surface area is 704 Å². The number of aromatic amines is 2. The molecule has 4 aliphatic carbocycles. The number of anilines is 4. The topological polar surface area (TPSA) is 484 Å². The highest BCUT2D eigenvalue weighted by Gasteiger charge is 2.49. The third kappa shape index (κ3) is 22.2. The summed E-state index contributed by atoms with van der Waals surface area (Å²) in [4.78, 5) is 127. The SMILES string of the molecule is COC(=O)c1ccc(C2(N)CC2)cc1.COC(=O)c1ccc(C2(Nc3[nH]ccc(=O)c3[N+](=O)[O-])CC2)cc1.COC(=O)c1ccc(C2(Nc3nccc(OCc4ccccc4)c3[N+](=O)[O-])CC2)cc1.COC(=O)c1ccc(C2(Nc3nccc4c3NCCO4)CC2)cc1.O=[N+]([O-])c1c(OCc2ccccc2)ccnc1Cl.O=c1cc[nH]c(Cl)c1[N+](=O)[O-]. The van der Waals surface area contributed by atoms with Crippen LogP contribution >= 0.6 is 23.2 Å². The summed E-state index contributed by atoms with van der Waals surface area (Å²) in [7, 11) is 5.41. The Morgan fingerprint density at radius 3 is 1.23 bits per heavy atom. The number of benzene rings is 6. The second kappa shape index (κ2) is 39.7. The number of esters is 4. The monoisotopic (exact) mass is 1700 g/mol. The zero-order valence-corrected chi connectivity index (χ0v) is 67.3. The molecule has 0 spiro atoms. The number of nitrogens with zero attached hydrogens (tertiary/aromatic N) is 7. The average Bonchev–Trinajstić information content (AvgIpc) is 1.65. The van der Waals surface area contributed by atoms with Crippen molar-refractivity contribution in [1.29, 1.82) is 0 Å². The Bertz CT molecular complexity index is 5740. The first-order chi connectivity index (χ1) is 58.7. The van der Waals surface area contributed by atoms with E-state index in [0.717, 1.165) is 121 Å². The summed E-state index contributed by atoms with van der Waals surface area (Å²) < 4.78 is 35.6. The summed E-state index contributed by atoms with van der Waals surface area (Å²) in [5.74, 6) is 0.682. The van der Waals surface area contributed by atoms with Crippen LogP contribution in [-0.2, 0) is 54.3 Å². The Balaban J connectivity index is 0.000000147. The predicted molar refractivity (Wildman–Crippen MR) is 449 cm³/mol. The summed E-state index contributed by atoms with van der Waals surface area (Å²) in [5, 5.41) is 56.8. The van der Waals surface area contributed by atoms with Gasteiger partial charge in [-0.05, 0) is 133 Å². The van der Waals surface area contributed by atoms with Gasteiger partial charge in [0.25, 0.3) is 10.9 Å². The van der Waals surface area contributed by atoms with Gasteiger partial charge in [0.2, 0.25) is 22.5 Å². The van der Waals surface area contributed by atoms with Crippen LogP contribution in [0.2, 0.25) is 10.3 Å². The Morgan fingerprint density at radius 2 is 0.828 bits per heavy atom. The largest absolute Gasteiger partial charge is 0.489 e. The molecule has 122 heavy (non-hydrogen) atoms. The van der Waals surface area contributed by atoms with E-state index in [4.69, 9.17) is 52.6 Å². The zero-order chi connectivity index (χ0) is 87.3. The molecule has 8 N–H and O–H groups in total. The average molecular weight is 1700 g/mol. The lowest BCUT2D eigenvalue weighted by Crippen LogP contribution is -2.24. The maximum absolute atomic E-state index is 11.8. The van der Waals surface area contributed by atoms with Gasteiger partial charge in [-0.1, -0.05) is 132 Å². The highest BCUT2D eigenvalue weighted by atomic mass is 35.5. The quantitative estimate of drug-likeness (QED) is 0.00971. The van der Waals surface area contributed by atoms with Crippen LogP contribution in [0.4, 0.5) is 45.9 Å². The predicted octanol–water partition coefficient (Wildman–Crippen LogP) is 15.0. The van der Waals surface area contributed by atoms with Crippen LogP contribution in [-0.4, -0.2) is 110 Å². The molecule has 5 aromatic heterocycles. The van der Waals surface area contributed by atoms with Crippen molar-refractivity contribution < 1.29 is 72.0 Å². The number of aromatic nitrogens is 5. The second-order valence-electron chi connectivity index (χ2n) is 28.0. The van der Waals surface area contributed by atoms with Crippen LogP contribution < -0.4 is 52.1 Å². The lowest BCUT2D eigenvalue weighted by Gasteiger charge is -2.25. The first-order valence-corrected chi connectivity index (χ1v) is 38.3. The van der Waals surface area contributed by atoms with E-state index in [9.17, 15) is 69.2 Å². The number of carbonyl (C=O) groups excluding carboxylic acids is 4. The molecule has 630 valence electrons. The van der Waals surface area contributed by atoms with Crippen molar-refractivity contribution in [3.63, 3.8) is 0 Å². The highest BCUT2D eigenvalue weighted by Crippen LogP contribution is 2.53. The summed E-state index contributed by atoms with van der Waals surface area (Å²) in [6, 6.07) is 54.5. The number of hydrogen-bond acceptors (Lipinski definition) is 29. The van der Waals surface area contributed by atoms with Crippen molar-refractivity contribution in [2.24, 2.45) is 5.73 Å². The van der Waals surface area contributed by atoms with Gasteiger partial charge in [0.15, 0.2) is 16.8 Å². The van der Waals surface area contributed by atoms with Gasteiger partial charge in [0.05, 0.1) is 87.0 Å². The number of halogens is 2. The fraction of sp³-hybridized carbons (Fsp3) is 0.235. The molecule has 0 bridgehead atoms. The van der Waals surface area contributed by atoms with Crippen molar-refractivity contribution in [1.82, 2.24) is 24.9 Å². The van der Waals surface area contributed by atoms with Crippen molar-refractivity contribution in [2.75, 3.05) is 62.9 Å². The fourth-order valence-corrected chi connectivity index (χ4v) is 13.1. The van der Waals surface area contributed by atoms with E-state index in [2.05, 4.69) is 55.7 Å². The number of nitrogens with one attached hydrogen (secondary N) is 6. The van der Waals surface area contributed by atoms with Crippen molar-refractivity contribution >= 4 is 93.0 Å². The normalized spacial score (nSPS) is 14.1. The molecule has 6 heterocycles. The second-order valence-corrected chi connectivity index (χ2v) is 28.7. The van der Waals surface area contributed by atoms with Gasteiger partial charge in [-0.15, -0.1) is 0 Å². The smallest absolute Gasteiger partial charge is 0.356 e. The summed E-state index contributed by atoms with van der Waals surface area (Å²) in [5.41, 5.74) is 10.6. The summed E-state index contributed by atoms with van der Waals surface area (Å²) >= 11 is 11.0. The van der Waals surface area contributed by atoms with E-state index < -0.39 is 64.9 Å². The molecular weight excluding hydrogens is 1620 g/mol. The molecule has 6 aromatic carbocycles. The molecule has 0 radical (unpaired) electrons. The molecule has 0 amide bonds. The molecular formula is C85H80Cl2N14O21. The van der Waals surface area contributed by atoms with Gasteiger partial charge >= 0.3 is 46.6 Å². The molecule has 35 nitrogen and oxygen atoms in total. The van der Waals surface area contributed by atoms with E-state index in [1.54, 1.807) is 66.9 Å². The number of ether oxygens (including phenoxy) is 7. The molecule has 0 unspecified atom stereocenters. The lowest BCUT2D eigenvalue weighted by atomic mass is 10.0.